The van der Waals surface area contributed by atoms with Gasteiger partial charge >= 0.3 is 0 Å². The van der Waals surface area contributed by atoms with E-state index in [4.69, 9.17) is 14.6 Å². The molecule has 1 saturated heterocycles. The third-order valence-corrected chi connectivity index (χ3v) is 2.56. The summed E-state index contributed by atoms with van der Waals surface area (Å²) in [7, 11) is 0. The average Bonchev–Trinajstić information content (AvgIpc) is 2.68. The van der Waals surface area contributed by atoms with E-state index in [0.29, 0.717) is 19.6 Å². The SMILES string of the molecule is CC1(c2ccc(CCO)nc2)OCCO1. The number of hydrogen-bond donors (Lipinski definition) is 1. The summed E-state index contributed by atoms with van der Waals surface area (Å²) < 4.78 is 11.0. The second-order valence-corrected chi connectivity index (χ2v) is 3.65. The smallest absolute Gasteiger partial charge is 0.193 e. The maximum Gasteiger partial charge on any atom is 0.193 e. The molecule has 0 aliphatic carbocycles. The van der Waals surface area contributed by atoms with E-state index < -0.39 is 5.79 Å². The van der Waals surface area contributed by atoms with Crippen LogP contribution in [0.5, 0.6) is 0 Å². The van der Waals surface area contributed by atoms with Crippen LogP contribution in [0.3, 0.4) is 0 Å². The van der Waals surface area contributed by atoms with Gasteiger partial charge in [0, 0.05) is 30.5 Å². The summed E-state index contributed by atoms with van der Waals surface area (Å²) in [6, 6.07) is 3.82. The van der Waals surface area contributed by atoms with Crippen molar-refractivity contribution in [1.29, 1.82) is 0 Å². The Balaban J connectivity index is 2.15. The standard InChI is InChI=1S/C11H15NO3/c1-11(14-6-7-15-11)9-2-3-10(4-5-13)12-8-9/h2-3,8,13H,4-7H2,1H3. The number of aromatic nitrogens is 1. The van der Waals surface area contributed by atoms with E-state index in [1.54, 1.807) is 6.20 Å². The maximum atomic E-state index is 8.76. The van der Waals surface area contributed by atoms with E-state index in [0.717, 1.165) is 11.3 Å². The molecule has 1 aromatic rings. The second kappa shape index (κ2) is 4.26. The molecule has 1 N–H and O–H groups in total. The van der Waals surface area contributed by atoms with E-state index in [1.165, 1.54) is 0 Å². The highest BCUT2D eigenvalue weighted by molar-refractivity contribution is 5.19. The van der Waals surface area contributed by atoms with Crippen LogP contribution in [0.4, 0.5) is 0 Å². The maximum absolute atomic E-state index is 8.76. The van der Waals surface area contributed by atoms with E-state index in [2.05, 4.69) is 4.98 Å². The Morgan fingerprint density at radius 2 is 2.13 bits per heavy atom. The summed E-state index contributed by atoms with van der Waals surface area (Å²) in [6.45, 7) is 3.25. The molecule has 1 aliphatic heterocycles. The van der Waals surface area contributed by atoms with E-state index >= 15 is 0 Å². The van der Waals surface area contributed by atoms with Gasteiger partial charge in [-0.3, -0.25) is 4.98 Å². The zero-order valence-electron chi connectivity index (χ0n) is 8.77. The highest BCUT2D eigenvalue weighted by atomic mass is 16.7. The third-order valence-electron chi connectivity index (χ3n) is 2.56. The molecule has 2 rings (SSSR count). The summed E-state index contributed by atoms with van der Waals surface area (Å²) >= 11 is 0. The second-order valence-electron chi connectivity index (χ2n) is 3.65. The molecule has 82 valence electrons. The lowest BCUT2D eigenvalue weighted by Gasteiger charge is -2.22. The molecule has 15 heavy (non-hydrogen) atoms. The Morgan fingerprint density at radius 3 is 2.67 bits per heavy atom. The summed E-state index contributed by atoms with van der Waals surface area (Å²) in [6.07, 6.45) is 2.33. The normalized spacial score (nSPS) is 19.3. The lowest BCUT2D eigenvalue weighted by Crippen LogP contribution is -2.22. The molecule has 0 radical (unpaired) electrons. The van der Waals surface area contributed by atoms with Crippen molar-refractivity contribution < 1.29 is 14.6 Å². The van der Waals surface area contributed by atoms with Gasteiger partial charge in [0.2, 0.25) is 0 Å². The number of aliphatic hydroxyl groups excluding tert-OH is 1. The van der Waals surface area contributed by atoms with Gasteiger partial charge in [-0.25, -0.2) is 0 Å². The van der Waals surface area contributed by atoms with Crippen LogP contribution in [0.1, 0.15) is 18.2 Å². The molecule has 2 heterocycles. The Morgan fingerprint density at radius 1 is 1.40 bits per heavy atom. The van der Waals surface area contributed by atoms with Crippen LogP contribution < -0.4 is 0 Å². The molecule has 0 unspecified atom stereocenters. The van der Waals surface area contributed by atoms with Crippen molar-refractivity contribution in [3.8, 4) is 0 Å². The van der Waals surface area contributed by atoms with Crippen LogP contribution >= 0.6 is 0 Å². The van der Waals surface area contributed by atoms with Crippen LogP contribution in [-0.2, 0) is 21.7 Å². The van der Waals surface area contributed by atoms with Crippen LogP contribution in [0.2, 0.25) is 0 Å². The molecule has 4 nitrogen and oxygen atoms in total. The number of pyridine rings is 1. The fourth-order valence-electron chi connectivity index (χ4n) is 1.64. The van der Waals surface area contributed by atoms with Crippen molar-refractivity contribution >= 4 is 0 Å². The molecule has 0 spiro atoms. The number of nitrogens with zero attached hydrogens (tertiary/aromatic N) is 1. The fourth-order valence-corrected chi connectivity index (χ4v) is 1.64. The summed E-state index contributed by atoms with van der Waals surface area (Å²) in [5, 5.41) is 8.76. The van der Waals surface area contributed by atoms with Crippen LogP contribution in [0.15, 0.2) is 18.3 Å². The molecule has 4 heteroatoms. The first-order chi connectivity index (χ1) is 7.24. The van der Waals surface area contributed by atoms with Crippen molar-refractivity contribution in [3.63, 3.8) is 0 Å². The molecular weight excluding hydrogens is 194 g/mol. The van der Waals surface area contributed by atoms with Gasteiger partial charge in [0.1, 0.15) is 0 Å². The summed E-state index contributed by atoms with van der Waals surface area (Å²) in [4.78, 5) is 4.24. The molecule has 0 saturated carbocycles. The van der Waals surface area contributed by atoms with Gasteiger partial charge in [0.05, 0.1) is 13.2 Å². The molecule has 1 fully saturated rings. The van der Waals surface area contributed by atoms with Crippen LogP contribution in [0, 0.1) is 0 Å². The topological polar surface area (TPSA) is 51.6 Å². The predicted molar refractivity (Wildman–Crippen MR) is 54.3 cm³/mol. The first-order valence-electron chi connectivity index (χ1n) is 5.09. The molecule has 1 aliphatic rings. The first-order valence-corrected chi connectivity index (χ1v) is 5.09. The molecule has 0 atom stereocenters. The Labute approximate surface area is 88.9 Å². The number of aliphatic hydroxyl groups is 1. The van der Waals surface area contributed by atoms with Gasteiger partial charge in [0.15, 0.2) is 5.79 Å². The van der Waals surface area contributed by atoms with Crippen molar-refractivity contribution in [2.75, 3.05) is 19.8 Å². The minimum atomic E-state index is -0.648. The average molecular weight is 209 g/mol. The van der Waals surface area contributed by atoms with E-state index in [9.17, 15) is 0 Å². The minimum Gasteiger partial charge on any atom is -0.396 e. The van der Waals surface area contributed by atoms with E-state index in [1.807, 2.05) is 19.1 Å². The summed E-state index contributed by atoms with van der Waals surface area (Å²) in [5.41, 5.74) is 1.80. The largest absolute Gasteiger partial charge is 0.396 e. The van der Waals surface area contributed by atoms with Gasteiger partial charge in [-0.2, -0.15) is 0 Å². The van der Waals surface area contributed by atoms with Crippen molar-refractivity contribution in [3.05, 3.63) is 29.6 Å². The van der Waals surface area contributed by atoms with Gasteiger partial charge in [-0.1, -0.05) is 6.07 Å². The van der Waals surface area contributed by atoms with Gasteiger partial charge < -0.3 is 14.6 Å². The zero-order chi connectivity index (χ0) is 10.7. The highest BCUT2D eigenvalue weighted by Gasteiger charge is 2.33. The van der Waals surface area contributed by atoms with Crippen molar-refractivity contribution in [2.24, 2.45) is 0 Å². The third kappa shape index (κ3) is 2.17. The monoisotopic (exact) mass is 209 g/mol. The number of rotatable bonds is 3. The lowest BCUT2D eigenvalue weighted by atomic mass is 10.1. The minimum absolute atomic E-state index is 0.122. The number of hydrogen-bond acceptors (Lipinski definition) is 4. The molecule has 1 aromatic heterocycles. The Hall–Kier alpha value is -0.970. The Bertz CT molecular complexity index is 317. The van der Waals surface area contributed by atoms with E-state index in [-0.39, 0.29) is 6.61 Å². The highest BCUT2D eigenvalue weighted by Crippen LogP contribution is 2.30. The summed E-state index contributed by atoms with van der Waals surface area (Å²) in [5.74, 6) is -0.648. The lowest BCUT2D eigenvalue weighted by molar-refractivity contribution is -0.149. The van der Waals surface area contributed by atoms with Crippen molar-refractivity contribution in [2.45, 2.75) is 19.1 Å². The van der Waals surface area contributed by atoms with Crippen LogP contribution in [0.25, 0.3) is 0 Å². The predicted octanol–water partition coefficient (Wildman–Crippen LogP) is 0.836. The zero-order valence-corrected chi connectivity index (χ0v) is 8.77. The van der Waals surface area contributed by atoms with Gasteiger partial charge in [-0.05, 0) is 13.0 Å². The first kappa shape index (κ1) is 10.5. The Kier molecular flexibility index (Phi) is 3.00. The van der Waals surface area contributed by atoms with Gasteiger partial charge in [0.25, 0.3) is 0 Å². The molecule has 0 aromatic carbocycles. The number of ether oxygens (including phenoxy) is 2. The molecular formula is C11H15NO3. The molecule has 0 bridgehead atoms. The van der Waals surface area contributed by atoms with Gasteiger partial charge in [-0.15, -0.1) is 0 Å². The fraction of sp³-hybridized carbons (Fsp3) is 0.545. The van der Waals surface area contributed by atoms with Crippen molar-refractivity contribution in [1.82, 2.24) is 4.98 Å². The molecule has 0 amide bonds. The quantitative estimate of drug-likeness (QED) is 0.801. The van der Waals surface area contributed by atoms with Crippen LogP contribution in [-0.4, -0.2) is 29.9 Å².